The largest absolute Gasteiger partial charge is 0.366 e. The lowest BCUT2D eigenvalue weighted by molar-refractivity contribution is -0.114. The van der Waals surface area contributed by atoms with Gasteiger partial charge in [0, 0.05) is 34.1 Å². The second-order valence-corrected chi connectivity index (χ2v) is 8.93. The fourth-order valence-electron chi connectivity index (χ4n) is 4.47. The van der Waals surface area contributed by atoms with E-state index >= 15 is 0 Å². The Bertz CT molecular complexity index is 995. The van der Waals surface area contributed by atoms with E-state index in [4.69, 9.17) is 5.73 Å². The summed E-state index contributed by atoms with van der Waals surface area (Å²) < 4.78 is 1.36. The molecule has 0 spiro atoms. The van der Waals surface area contributed by atoms with Crippen molar-refractivity contribution in [2.45, 2.75) is 39.5 Å². The number of carbonyl (C=O) groups excluding carboxylic acids is 1. The summed E-state index contributed by atoms with van der Waals surface area (Å²) in [5.74, 6) is 0.168. The highest BCUT2D eigenvalue weighted by Gasteiger charge is 2.24. The minimum Gasteiger partial charge on any atom is -0.366 e. The van der Waals surface area contributed by atoms with Gasteiger partial charge in [0.1, 0.15) is 0 Å². The van der Waals surface area contributed by atoms with E-state index in [1.807, 2.05) is 24.3 Å². The van der Waals surface area contributed by atoms with Crippen molar-refractivity contribution in [1.82, 2.24) is 0 Å². The summed E-state index contributed by atoms with van der Waals surface area (Å²) in [5.41, 5.74) is 11.9. The van der Waals surface area contributed by atoms with E-state index in [1.165, 1.54) is 15.8 Å². The van der Waals surface area contributed by atoms with Crippen LogP contribution in [-0.4, -0.2) is 19.0 Å². The maximum absolute atomic E-state index is 11.8. The van der Waals surface area contributed by atoms with Gasteiger partial charge in [-0.25, -0.2) is 0 Å². The molecule has 0 saturated heterocycles. The summed E-state index contributed by atoms with van der Waals surface area (Å²) in [6.45, 7) is 6.43. The number of nitrogens with zero attached hydrogens (tertiary/aromatic N) is 1. The van der Waals surface area contributed by atoms with E-state index in [0.29, 0.717) is 11.5 Å². The molecule has 2 aliphatic rings. The van der Waals surface area contributed by atoms with E-state index < -0.39 is 0 Å². The van der Waals surface area contributed by atoms with Crippen molar-refractivity contribution >= 4 is 33.0 Å². The van der Waals surface area contributed by atoms with Crippen LogP contribution in [0.15, 0.2) is 64.1 Å². The Balaban J connectivity index is 1.63. The number of nitrogens with two attached hydrogens (primary N) is 1. The zero-order chi connectivity index (χ0) is 19.7. The van der Waals surface area contributed by atoms with Crippen LogP contribution in [-0.2, 0) is 4.79 Å². The van der Waals surface area contributed by atoms with Crippen LogP contribution in [0, 0.1) is 5.92 Å². The monoisotopic (exact) mass is 392 g/mol. The molecule has 0 fully saturated rings. The molecule has 28 heavy (non-hydrogen) atoms. The third kappa shape index (κ3) is 3.66. The molecule has 0 bridgehead atoms. The van der Waals surface area contributed by atoms with Crippen molar-refractivity contribution < 1.29 is 4.79 Å². The molecule has 0 radical (unpaired) electrons. The summed E-state index contributed by atoms with van der Waals surface area (Å²) in [5, 5.41) is 3.68. The lowest BCUT2D eigenvalue weighted by Gasteiger charge is -2.35. The molecule has 4 heteroatoms. The van der Waals surface area contributed by atoms with Gasteiger partial charge in [-0.3, -0.25) is 4.79 Å². The average molecular weight is 393 g/mol. The second-order valence-electron chi connectivity index (χ2n) is 8.01. The number of fused-ring (bicyclic) bond motifs is 1. The van der Waals surface area contributed by atoms with Crippen molar-refractivity contribution in [2.75, 3.05) is 18.0 Å². The van der Waals surface area contributed by atoms with E-state index in [1.54, 1.807) is 11.1 Å². The first kappa shape index (κ1) is 19.0. The van der Waals surface area contributed by atoms with Crippen LogP contribution < -0.4 is 10.6 Å². The Kier molecular flexibility index (Phi) is 5.40. The highest BCUT2D eigenvalue weighted by atomic mass is 32.1. The molecule has 1 amide bonds. The molecule has 3 nitrogen and oxygen atoms in total. The van der Waals surface area contributed by atoms with Crippen molar-refractivity contribution in [2.24, 2.45) is 11.7 Å². The van der Waals surface area contributed by atoms with Crippen LogP contribution in [0.5, 0.6) is 0 Å². The molecule has 2 heterocycles. The number of benzene rings is 1. The Morgan fingerprint density at radius 1 is 1.21 bits per heavy atom. The zero-order valence-electron chi connectivity index (χ0n) is 16.7. The maximum Gasteiger partial charge on any atom is 0.248 e. The molecule has 0 saturated carbocycles. The summed E-state index contributed by atoms with van der Waals surface area (Å²) in [6, 6.07) is 8.70. The van der Waals surface area contributed by atoms with Gasteiger partial charge in [0.05, 0.1) is 5.69 Å². The van der Waals surface area contributed by atoms with Gasteiger partial charge in [0.2, 0.25) is 5.91 Å². The first-order chi connectivity index (χ1) is 13.5. The molecular formula is C24H28N2OS. The molecule has 146 valence electrons. The first-order valence-electron chi connectivity index (χ1n) is 10.1. The minimum absolute atomic E-state index is 0.310. The van der Waals surface area contributed by atoms with Gasteiger partial charge in [-0.15, -0.1) is 11.3 Å². The van der Waals surface area contributed by atoms with Crippen molar-refractivity contribution in [3.8, 4) is 0 Å². The van der Waals surface area contributed by atoms with Gasteiger partial charge < -0.3 is 10.6 Å². The molecule has 1 aliphatic carbocycles. The lowest BCUT2D eigenvalue weighted by atomic mass is 9.84. The predicted octanol–water partition coefficient (Wildman–Crippen LogP) is 5.59. The SMILES string of the molecule is CC1=C(C(N)=O)C=CCC(C)C2=C(CC1)CCN(c1csc3ccccc13)C2. The highest BCUT2D eigenvalue weighted by Crippen LogP contribution is 2.38. The number of rotatable bonds is 2. The third-order valence-corrected chi connectivity index (χ3v) is 7.15. The minimum atomic E-state index is -0.310. The summed E-state index contributed by atoms with van der Waals surface area (Å²) >= 11 is 1.84. The summed E-state index contributed by atoms with van der Waals surface area (Å²) in [7, 11) is 0. The number of anilines is 1. The fourth-order valence-corrected chi connectivity index (χ4v) is 5.44. The molecule has 2 N–H and O–H groups in total. The average Bonchev–Trinajstić information content (AvgIpc) is 3.12. The third-order valence-electron chi connectivity index (χ3n) is 6.20. The molecule has 4 rings (SSSR count). The van der Waals surface area contributed by atoms with Gasteiger partial charge in [0.25, 0.3) is 0 Å². The van der Waals surface area contributed by atoms with E-state index in [2.05, 4.69) is 47.5 Å². The molecular weight excluding hydrogens is 364 g/mol. The van der Waals surface area contributed by atoms with Gasteiger partial charge >= 0.3 is 0 Å². The molecule has 1 aromatic heterocycles. The Hall–Kier alpha value is -2.33. The number of hydrogen-bond acceptors (Lipinski definition) is 3. The predicted molar refractivity (Wildman–Crippen MR) is 120 cm³/mol. The normalized spacial score (nSPS) is 21.2. The van der Waals surface area contributed by atoms with Crippen molar-refractivity contribution in [1.29, 1.82) is 0 Å². The lowest BCUT2D eigenvalue weighted by Crippen LogP contribution is -2.33. The highest BCUT2D eigenvalue weighted by molar-refractivity contribution is 7.17. The van der Waals surface area contributed by atoms with Crippen molar-refractivity contribution in [3.63, 3.8) is 0 Å². The number of allylic oxidation sites excluding steroid dienone is 2. The Labute approximate surface area is 171 Å². The topological polar surface area (TPSA) is 46.3 Å². The number of thiophene rings is 1. The van der Waals surface area contributed by atoms with Crippen LogP contribution in [0.3, 0.4) is 0 Å². The maximum atomic E-state index is 11.8. The van der Waals surface area contributed by atoms with E-state index in [-0.39, 0.29) is 5.91 Å². The molecule has 1 aromatic carbocycles. The van der Waals surface area contributed by atoms with E-state index in [9.17, 15) is 4.79 Å². The molecule has 1 atom stereocenters. The molecule has 1 unspecified atom stereocenters. The smallest absolute Gasteiger partial charge is 0.248 e. The first-order valence-corrected chi connectivity index (χ1v) is 11.0. The van der Waals surface area contributed by atoms with Gasteiger partial charge in [-0.05, 0) is 50.2 Å². The quantitative estimate of drug-likeness (QED) is 0.678. The van der Waals surface area contributed by atoms with Crippen LogP contribution in [0.1, 0.15) is 39.5 Å². The summed E-state index contributed by atoms with van der Waals surface area (Å²) in [6.07, 6.45) is 8.06. The van der Waals surface area contributed by atoms with Crippen LogP contribution in [0.25, 0.3) is 10.1 Å². The van der Waals surface area contributed by atoms with Crippen LogP contribution in [0.4, 0.5) is 5.69 Å². The number of hydrogen-bond donors (Lipinski definition) is 1. The Morgan fingerprint density at radius 3 is 2.86 bits per heavy atom. The van der Waals surface area contributed by atoms with E-state index in [0.717, 1.165) is 44.3 Å². The summed E-state index contributed by atoms with van der Waals surface area (Å²) in [4.78, 5) is 14.3. The molecule has 2 aromatic rings. The fraction of sp³-hybridized carbons (Fsp3) is 0.375. The Morgan fingerprint density at radius 2 is 2.04 bits per heavy atom. The van der Waals surface area contributed by atoms with Gasteiger partial charge in [0.15, 0.2) is 0 Å². The second kappa shape index (κ2) is 7.96. The van der Waals surface area contributed by atoms with Gasteiger partial charge in [-0.1, -0.05) is 48.4 Å². The number of primary amides is 1. The molecule has 1 aliphatic heterocycles. The van der Waals surface area contributed by atoms with Gasteiger partial charge in [-0.2, -0.15) is 0 Å². The van der Waals surface area contributed by atoms with Crippen LogP contribution >= 0.6 is 11.3 Å². The zero-order valence-corrected chi connectivity index (χ0v) is 17.5. The number of carbonyl (C=O) groups is 1. The van der Waals surface area contributed by atoms with Crippen LogP contribution in [0.2, 0.25) is 0 Å². The number of amides is 1. The standard InChI is InChI=1S/C24H28N2OS/c1-16-6-5-8-19(24(25)27)17(2)10-11-18-12-13-26(14-21(16)18)22-15-28-23-9-4-3-7-20(22)23/h3-5,7-9,15-16H,6,10-14H2,1-2H3,(H2,25,27). The van der Waals surface area contributed by atoms with Crippen molar-refractivity contribution in [3.05, 3.63) is 64.1 Å².